The predicted molar refractivity (Wildman–Crippen MR) is 73.4 cm³/mol. The number of nitrogen functional groups attached to an aromatic ring is 1. The van der Waals surface area contributed by atoms with Gasteiger partial charge < -0.3 is 10.5 Å². The Kier molecular flexibility index (Phi) is 3.65. The predicted octanol–water partition coefficient (Wildman–Crippen LogP) is 2.16. The van der Waals surface area contributed by atoms with Crippen LogP contribution >= 0.6 is 0 Å². The Balaban J connectivity index is 2.42. The molecule has 0 saturated heterocycles. The second-order valence-electron chi connectivity index (χ2n) is 4.23. The molecule has 5 nitrogen and oxygen atoms in total. The summed E-state index contributed by atoms with van der Waals surface area (Å²) in [5, 5.41) is 5.04. The summed E-state index contributed by atoms with van der Waals surface area (Å²) in [6, 6.07) is 8.48. The van der Waals surface area contributed by atoms with Gasteiger partial charge in [-0.25, -0.2) is 17.9 Å². The molecule has 0 aromatic heterocycles. The number of anilines is 1. The van der Waals surface area contributed by atoms with Gasteiger partial charge in [0.1, 0.15) is 16.5 Å². The summed E-state index contributed by atoms with van der Waals surface area (Å²) in [6.45, 7) is 1.62. The molecule has 0 amide bonds. The Hall–Kier alpha value is -2.12. The first-order valence-corrected chi connectivity index (χ1v) is 7.19. The normalized spacial score (nSPS) is 11.3. The smallest absolute Gasteiger partial charge is 0.240 e. The molecular weight excluding hydrogens is 283 g/mol. The Morgan fingerprint density at radius 3 is 2.50 bits per heavy atom. The van der Waals surface area contributed by atoms with Crippen molar-refractivity contribution in [1.29, 1.82) is 0 Å². The van der Waals surface area contributed by atoms with Gasteiger partial charge in [-0.2, -0.15) is 0 Å². The van der Waals surface area contributed by atoms with Crippen molar-refractivity contribution in [2.75, 3.05) is 5.73 Å². The Labute approximate surface area is 116 Å². The van der Waals surface area contributed by atoms with Gasteiger partial charge >= 0.3 is 0 Å². The molecule has 0 unspecified atom stereocenters. The van der Waals surface area contributed by atoms with Crippen molar-refractivity contribution in [3.8, 4) is 11.5 Å². The number of aryl methyl sites for hydroxylation is 1. The monoisotopic (exact) mass is 296 g/mol. The highest BCUT2D eigenvalue weighted by molar-refractivity contribution is 7.89. The number of nitrogens with two attached hydrogens (primary N) is 2. The quantitative estimate of drug-likeness (QED) is 0.848. The van der Waals surface area contributed by atoms with Gasteiger partial charge in [-0.15, -0.1) is 0 Å². The SMILES string of the molecule is Cc1ccc(Oc2cccc(S(N)(=O)=O)c2N)cc1F. The fourth-order valence-corrected chi connectivity index (χ4v) is 2.30. The molecule has 0 aliphatic heterocycles. The minimum absolute atomic E-state index is 0.0970. The van der Waals surface area contributed by atoms with Crippen LogP contribution in [0.3, 0.4) is 0 Å². The number of hydrogen-bond donors (Lipinski definition) is 2. The molecular formula is C13H13FN2O3S. The van der Waals surface area contributed by atoms with E-state index in [4.69, 9.17) is 15.6 Å². The number of halogens is 1. The van der Waals surface area contributed by atoms with E-state index >= 15 is 0 Å². The maximum absolute atomic E-state index is 13.4. The van der Waals surface area contributed by atoms with Gasteiger partial charge in [0.15, 0.2) is 5.75 Å². The standard InChI is InChI=1S/C13H13FN2O3S/c1-8-5-6-9(7-10(8)14)19-11-3-2-4-12(13(11)15)20(16,17)18/h2-7H,15H2,1H3,(H2,16,17,18). The van der Waals surface area contributed by atoms with Crippen LogP contribution in [-0.4, -0.2) is 8.42 Å². The van der Waals surface area contributed by atoms with E-state index in [0.717, 1.165) is 0 Å². The van der Waals surface area contributed by atoms with Crippen molar-refractivity contribution in [1.82, 2.24) is 0 Å². The van der Waals surface area contributed by atoms with Crippen LogP contribution < -0.4 is 15.6 Å². The van der Waals surface area contributed by atoms with E-state index in [9.17, 15) is 12.8 Å². The van der Waals surface area contributed by atoms with Crippen LogP contribution in [0.2, 0.25) is 0 Å². The van der Waals surface area contributed by atoms with Crippen molar-refractivity contribution in [2.45, 2.75) is 11.8 Å². The third kappa shape index (κ3) is 2.89. The molecule has 0 fully saturated rings. The molecule has 2 rings (SSSR count). The zero-order valence-electron chi connectivity index (χ0n) is 10.6. The Morgan fingerprint density at radius 2 is 1.90 bits per heavy atom. The van der Waals surface area contributed by atoms with E-state index < -0.39 is 15.8 Å². The highest BCUT2D eigenvalue weighted by atomic mass is 32.2. The lowest BCUT2D eigenvalue weighted by Gasteiger charge is -2.11. The molecule has 0 bridgehead atoms. The number of hydrogen-bond acceptors (Lipinski definition) is 4. The number of ether oxygens (including phenoxy) is 1. The Bertz CT molecular complexity index is 760. The van der Waals surface area contributed by atoms with Gasteiger partial charge in [-0.05, 0) is 30.7 Å². The second kappa shape index (κ2) is 5.10. The van der Waals surface area contributed by atoms with Gasteiger partial charge in [0.05, 0.1) is 5.69 Å². The lowest BCUT2D eigenvalue weighted by atomic mass is 10.2. The second-order valence-corrected chi connectivity index (χ2v) is 5.76. The van der Waals surface area contributed by atoms with Gasteiger partial charge in [-0.1, -0.05) is 12.1 Å². The van der Waals surface area contributed by atoms with Crippen LogP contribution in [0.1, 0.15) is 5.56 Å². The number of benzene rings is 2. The fraction of sp³-hybridized carbons (Fsp3) is 0.0769. The van der Waals surface area contributed by atoms with Gasteiger partial charge in [-0.3, -0.25) is 0 Å². The summed E-state index contributed by atoms with van der Waals surface area (Å²) in [5.74, 6) is -0.116. The van der Waals surface area contributed by atoms with Crippen molar-refractivity contribution in [2.24, 2.45) is 5.14 Å². The molecule has 0 radical (unpaired) electrons. The third-order valence-corrected chi connectivity index (χ3v) is 3.67. The summed E-state index contributed by atoms with van der Waals surface area (Å²) >= 11 is 0. The molecule has 0 heterocycles. The molecule has 2 aromatic rings. The van der Waals surface area contributed by atoms with Crippen molar-refractivity contribution < 1.29 is 17.5 Å². The Morgan fingerprint density at radius 1 is 1.20 bits per heavy atom. The number of primary sulfonamides is 1. The van der Waals surface area contributed by atoms with E-state index in [1.807, 2.05) is 0 Å². The van der Waals surface area contributed by atoms with E-state index in [0.29, 0.717) is 5.56 Å². The summed E-state index contributed by atoms with van der Waals surface area (Å²) in [7, 11) is -3.94. The van der Waals surface area contributed by atoms with Gasteiger partial charge in [0, 0.05) is 6.07 Å². The largest absolute Gasteiger partial charge is 0.455 e. The molecule has 7 heteroatoms. The molecule has 106 valence electrons. The molecule has 0 atom stereocenters. The zero-order chi connectivity index (χ0) is 14.9. The summed E-state index contributed by atoms with van der Waals surface area (Å²) in [5.41, 5.74) is 6.07. The molecule has 0 aliphatic rings. The van der Waals surface area contributed by atoms with E-state index in [-0.39, 0.29) is 22.1 Å². The maximum Gasteiger partial charge on any atom is 0.240 e. The fourth-order valence-electron chi connectivity index (χ4n) is 1.63. The van der Waals surface area contributed by atoms with Gasteiger partial charge in [0.2, 0.25) is 10.0 Å². The van der Waals surface area contributed by atoms with Crippen LogP contribution in [0, 0.1) is 12.7 Å². The molecule has 20 heavy (non-hydrogen) atoms. The van der Waals surface area contributed by atoms with Crippen molar-refractivity contribution in [3.63, 3.8) is 0 Å². The minimum atomic E-state index is -3.94. The average Bonchev–Trinajstić information content (AvgIpc) is 2.35. The van der Waals surface area contributed by atoms with E-state index in [1.54, 1.807) is 19.1 Å². The summed E-state index contributed by atoms with van der Waals surface area (Å²) in [6.07, 6.45) is 0. The van der Waals surface area contributed by atoms with Crippen molar-refractivity contribution in [3.05, 3.63) is 47.8 Å². The maximum atomic E-state index is 13.4. The summed E-state index contributed by atoms with van der Waals surface area (Å²) < 4.78 is 41.5. The highest BCUT2D eigenvalue weighted by Gasteiger charge is 2.16. The minimum Gasteiger partial charge on any atom is -0.455 e. The average molecular weight is 296 g/mol. The number of sulfonamides is 1. The molecule has 0 spiro atoms. The molecule has 0 aliphatic carbocycles. The third-order valence-electron chi connectivity index (χ3n) is 2.70. The van der Waals surface area contributed by atoms with E-state index in [1.165, 1.54) is 24.3 Å². The summed E-state index contributed by atoms with van der Waals surface area (Å²) in [4.78, 5) is -0.234. The first-order chi connectivity index (χ1) is 9.29. The topological polar surface area (TPSA) is 95.4 Å². The van der Waals surface area contributed by atoms with Crippen LogP contribution in [0.25, 0.3) is 0 Å². The van der Waals surface area contributed by atoms with Crippen LogP contribution in [0.4, 0.5) is 10.1 Å². The first-order valence-electron chi connectivity index (χ1n) is 5.64. The molecule has 4 N–H and O–H groups in total. The van der Waals surface area contributed by atoms with Gasteiger partial charge in [0.25, 0.3) is 0 Å². The van der Waals surface area contributed by atoms with Crippen LogP contribution in [-0.2, 0) is 10.0 Å². The van der Waals surface area contributed by atoms with Crippen molar-refractivity contribution >= 4 is 15.7 Å². The highest BCUT2D eigenvalue weighted by Crippen LogP contribution is 2.32. The number of rotatable bonds is 3. The lowest BCUT2D eigenvalue weighted by molar-refractivity contribution is 0.477. The first kappa shape index (κ1) is 14.3. The zero-order valence-corrected chi connectivity index (χ0v) is 11.4. The van der Waals surface area contributed by atoms with Crippen LogP contribution in [0.15, 0.2) is 41.3 Å². The lowest BCUT2D eigenvalue weighted by Crippen LogP contribution is -2.14. The van der Waals surface area contributed by atoms with E-state index in [2.05, 4.69) is 0 Å². The molecule has 0 saturated carbocycles. The number of para-hydroxylation sites is 1. The van der Waals surface area contributed by atoms with Crippen LogP contribution in [0.5, 0.6) is 11.5 Å². The molecule has 2 aromatic carbocycles.